The van der Waals surface area contributed by atoms with Crippen LogP contribution in [0.5, 0.6) is 0 Å². The lowest BCUT2D eigenvalue weighted by molar-refractivity contribution is -0.171. The Bertz CT molecular complexity index is 850. The van der Waals surface area contributed by atoms with Crippen molar-refractivity contribution >= 4 is 17.7 Å². The lowest BCUT2D eigenvalue weighted by atomic mass is 9.79. The fourth-order valence-electron chi connectivity index (χ4n) is 4.39. The molecule has 164 valence electrons. The summed E-state index contributed by atoms with van der Waals surface area (Å²) in [6.45, 7) is 14.4. The average Bonchev–Trinajstić information content (AvgIpc) is 3.04. The molecule has 0 aromatic rings. The number of carbonyl (C=O) groups excluding carboxylic acids is 3. The summed E-state index contributed by atoms with van der Waals surface area (Å²) in [6, 6.07) is 0. The molecule has 5 atom stereocenters. The molecule has 30 heavy (non-hydrogen) atoms. The van der Waals surface area contributed by atoms with Crippen LogP contribution < -0.4 is 0 Å². The molecule has 0 saturated carbocycles. The summed E-state index contributed by atoms with van der Waals surface area (Å²) in [4.78, 5) is 37.7. The summed E-state index contributed by atoms with van der Waals surface area (Å²) in [7, 11) is 0. The minimum Gasteiger partial charge on any atom is -0.458 e. The first-order chi connectivity index (χ1) is 13.9. The summed E-state index contributed by atoms with van der Waals surface area (Å²) in [6.07, 6.45) is 1.60. The summed E-state index contributed by atoms with van der Waals surface area (Å²) in [5.74, 6) is -2.69. The molecule has 2 saturated heterocycles. The van der Waals surface area contributed by atoms with Gasteiger partial charge >= 0.3 is 11.9 Å². The van der Waals surface area contributed by atoms with Crippen LogP contribution in [0.1, 0.15) is 54.4 Å². The van der Waals surface area contributed by atoms with Gasteiger partial charge in [-0.05, 0) is 53.2 Å². The molecule has 0 N–H and O–H groups in total. The molecule has 0 radical (unpaired) electrons. The fourth-order valence-corrected chi connectivity index (χ4v) is 4.39. The van der Waals surface area contributed by atoms with Crippen molar-refractivity contribution in [3.05, 3.63) is 35.5 Å². The van der Waals surface area contributed by atoms with Crippen LogP contribution in [0.3, 0.4) is 0 Å². The van der Waals surface area contributed by atoms with Crippen LogP contribution in [0.15, 0.2) is 35.5 Å². The van der Waals surface area contributed by atoms with E-state index < -0.39 is 47.6 Å². The smallest absolute Gasteiger partial charge is 0.334 e. The first-order valence-corrected chi connectivity index (χ1v) is 10.2. The van der Waals surface area contributed by atoms with Gasteiger partial charge in [-0.15, -0.1) is 0 Å². The van der Waals surface area contributed by atoms with E-state index in [-0.39, 0.29) is 24.2 Å². The van der Waals surface area contributed by atoms with E-state index in [0.717, 1.165) is 0 Å². The van der Waals surface area contributed by atoms with Crippen molar-refractivity contribution < 1.29 is 33.3 Å². The van der Waals surface area contributed by atoms with Gasteiger partial charge in [-0.3, -0.25) is 4.79 Å². The number of esters is 2. The number of hydrogen-bond acceptors (Lipinski definition) is 7. The van der Waals surface area contributed by atoms with Crippen LogP contribution in [0.4, 0.5) is 0 Å². The molecular formula is C23H30O7. The summed E-state index contributed by atoms with van der Waals surface area (Å²) < 4.78 is 23.6. The Kier molecular flexibility index (Phi) is 5.82. The number of Topliss-reactive ketones (excluding diaryl/α,β-unsaturated/α-hetero) is 1. The minimum atomic E-state index is -0.915. The molecule has 7 heteroatoms. The average molecular weight is 418 g/mol. The van der Waals surface area contributed by atoms with Crippen molar-refractivity contribution in [2.24, 2.45) is 5.92 Å². The largest absolute Gasteiger partial charge is 0.458 e. The highest BCUT2D eigenvalue weighted by Gasteiger charge is 2.55. The zero-order valence-corrected chi connectivity index (χ0v) is 18.4. The predicted octanol–water partition coefficient (Wildman–Crippen LogP) is 3.18. The lowest BCUT2D eigenvalue weighted by Crippen LogP contribution is -2.46. The highest BCUT2D eigenvalue weighted by Crippen LogP contribution is 2.45. The SMILES string of the molecule is C=C1C(=O)O[C@H]2C=C(C)C(=O)C[C@@H]3OC(C)(C)O[C@@]3(C)C[C@@H](OC(=O)C(C)=CC)[C@@H]12. The van der Waals surface area contributed by atoms with Crippen molar-refractivity contribution in [2.45, 2.75) is 84.1 Å². The number of rotatable bonds is 2. The molecule has 3 aliphatic rings. The van der Waals surface area contributed by atoms with E-state index in [9.17, 15) is 14.4 Å². The Labute approximate surface area is 177 Å². The van der Waals surface area contributed by atoms with E-state index in [1.54, 1.807) is 46.8 Å². The number of carbonyl (C=O) groups is 3. The topological polar surface area (TPSA) is 88.1 Å². The van der Waals surface area contributed by atoms with Crippen molar-refractivity contribution in [1.82, 2.24) is 0 Å². The van der Waals surface area contributed by atoms with Gasteiger partial charge in [0.2, 0.25) is 0 Å². The third-order valence-electron chi connectivity index (χ3n) is 6.09. The zero-order valence-electron chi connectivity index (χ0n) is 18.4. The Morgan fingerprint density at radius 2 is 1.97 bits per heavy atom. The van der Waals surface area contributed by atoms with Gasteiger partial charge in [0.1, 0.15) is 12.2 Å². The number of allylic oxidation sites excluding steroid dienone is 2. The van der Waals surface area contributed by atoms with E-state index in [0.29, 0.717) is 11.1 Å². The highest BCUT2D eigenvalue weighted by molar-refractivity contribution is 5.96. The lowest BCUT2D eigenvalue weighted by Gasteiger charge is -2.36. The van der Waals surface area contributed by atoms with E-state index in [1.807, 2.05) is 6.92 Å². The molecule has 2 fully saturated rings. The van der Waals surface area contributed by atoms with Gasteiger partial charge in [-0.1, -0.05) is 12.7 Å². The predicted molar refractivity (Wildman–Crippen MR) is 108 cm³/mol. The first-order valence-electron chi connectivity index (χ1n) is 10.2. The van der Waals surface area contributed by atoms with Crippen LogP contribution in [0.25, 0.3) is 0 Å². The van der Waals surface area contributed by atoms with Gasteiger partial charge in [-0.2, -0.15) is 0 Å². The Hall–Kier alpha value is -2.25. The molecule has 7 nitrogen and oxygen atoms in total. The summed E-state index contributed by atoms with van der Waals surface area (Å²) in [5, 5.41) is 0. The number of ketones is 1. The first kappa shape index (κ1) is 22.4. The Morgan fingerprint density at radius 3 is 2.60 bits per heavy atom. The normalized spacial score (nSPS) is 36.5. The zero-order chi connectivity index (χ0) is 22.4. The number of fused-ring (bicyclic) bond motifs is 2. The summed E-state index contributed by atoms with van der Waals surface area (Å²) >= 11 is 0. The van der Waals surface area contributed by atoms with Gasteiger partial charge in [0.15, 0.2) is 11.6 Å². The monoisotopic (exact) mass is 418 g/mol. The second kappa shape index (κ2) is 7.78. The molecule has 2 heterocycles. The van der Waals surface area contributed by atoms with Crippen LogP contribution in [0, 0.1) is 5.92 Å². The second-order valence-electron chi connectivity index (χ2n) is 8.94. The standard InChI is InChI=1S/C23H30O7/c1-8-12(2)20(25)28-17-11-23(7)18(29-22(5,6)30-23)10-15(24)13(3)9-16-19(17)14(4)21(26)27-16/h8-9,16-19H,4,10-11H2,1-3,5-7H3/t16-,17+,18-,19-,23-/m0/s1. The van der Waals surface area contributed by atoms with Gasteiger partial charge < -0.3 is 18.9 Å². The van der Waals surface area contributed by atoms with Gasteiger partial charge in [0.25, 0.3) is 0 Å². The molecule has 2 aliphatic heterocycles. The van der Waals surface area contributed by atoms with Crippen molar-refractivity contribution in [1.29, 1.82) is 0 Å². The second-order valence-corrected chi connectivity index (χ2v) is 8.94. The molecule has 0 bridgehead atoms. The van der Waals surface area contributed by atoms with Gasteiger partial charge in [0, 0.05) is 24.0 Å². The van der Waals surface area contributed by atoms with Gasteiger partial charge in [-0.25, -0.2) is 9.59 Å². The third-order valence-corrected chi connectivity index (χ3v) is 6.09. The molecule has 0 aromatic heterocycles. The Balaban J connectivity index is 2.09. The molecule has 0 spiro atoms. The number of hydrogen-bond donors (Lipinski definition) is 0. The maximum absolute atomic E-state index is 12.8. The van der Waals surface area contributed by atoms with Crippen molar-refractivity contribution in [2.75, 3.05) is 0 Å². The van der Waals surface area contributed by atoms with Crippen LogP contribution in [-0.2, 0) is 33.3 Å². The van der Waals surface area contributed by atoms with E-state index in [2.05, 4.69) is 6.58 Å². The van der Waals surface area contributed by atoms with Crippen LogP contribution >= 0.6 is 0 Å². The molecule has 0 aromatic carbocycles. The van der Waals surface area contributed by atoms with Crippen LogP contribution in [-0.4, -0.2) is 47.4 Å². The van der Waals surface area contributed by atoms with Gasteiger partial charge in [0.05, 0.1) is 17.6 Å². The number of ether oxygens (including phenoxy) is 4. The van der Waals surface area contributed by atoms with Crippen molar-refractivity contribution in [3.63, 3.8) is 0 Å². The minimum absolute atomic E-state index is 0.111. The quantitative estimate of drug-likeness (QED) is 0.503. The van der Waals surface area contributed by atoms with E-state index >= 15 is 0 Å². The highest BCUT2D eigenvalue weighted by atomic mass is 16.8. The Morgan fingerprint density at radius 1 is 1.30 bits per heavy atom. The van der Waals surface area contributed by atoms with Crippen LogP contribution in [0.2, 0.25) is 0 Å². The maximum atomic E-state index is 12.8. The maximum Gasteiger partial charge on any atom is 0.334 e. The summed E-state index contributed by atoms with van der Waals surface area (Å²) in [5.41, 5.74) is 0.209. The molecule has 3 rings (SSSR count). The molecule has 0 unspecified atom stereocenters. The van der Waals surface area contributed by atoms with E-state index in [1.165, 1.54) is 0 Å². The molecule has 0 amide bonds. The van der Waals surface area contributed by atoms with E-state index in [4.69, 9.17) is 18.9 Å². The molecular weight excluding hydrogens is 388 g/mol. The third kappa shape index (κ3) is 4.14. The fraction of sp³-hybridized carbons (Fsp3) is 0.609. The van der Waals surface area contributed by atoms with Crippen molar-refractivity contribution in [3.8, 4) is 0 Å². The molecule has 1 aliphatic carbocycles.